The minimum absolute atomic E-state index is 0.119. The summed E-state index contributed by atoms with van der Waals surface area (Å²) in [5, 5.41) is 9.29. The maximum absolute atomic E-state index is 11.4. The number of amides is 1. The maximum atomic E-state index is 11.4. The molecule has 0 radical (unpaired) electrons. The minimum Gasteiger partial charge on any atom is -0.309 e. The lowest BCUT2D eigenvalue weighted by molar-refractivity contribution is -0.114. The molecule has 0 aliphatic carbocycles. The van der Waals surface area contributed by atoms with Crippen LogP contribution in [0, 0.1) is 6.92 Å². The zero-order valence-corrected chi connectivity index (χ0v) is 13.2. The van der Waals surface area contributed by atoms with Gasteiger partial charge in [-0.15, -0.1) is 0 Å². The summed E-state index contributed by atoms with van der Waals surface area (Å²) in [6, 6.07) is 8.25. The van der Waals surface area contributed by atoms with Gasteiger partial charge in [-0.05, 0) is 31.0 Å². The largest absolute Gasteiger partial charge is 0.309 e. The van der Waals surface area contributed by atoms with Gasteiger partial charge in [0.05, 0.1) is 10.9 Å². The molecule has 1 aromatic carbocycles. The lowest BCUT2D eigenvalue weighted by atomic mass is 10.1. The Kier molecular flexibility index (Phi) is 3.79. The predicted molar refractivity (Wildman–Crippen MR) is 89.0 cm³/mol. The van der Waals surface area contributed by atoms with Gasteiger partial charge in [-0.3, -0.25) is 4.79 Å². The quantitative estimate of drug-likeness (QED) is 0.799. The van der Waals surface area contributed by atoms with Crippen molar-refractivity contribution in [1.29, 1.82) is 0 Å². The van der Waals surface area contributed by atoms with Gasteiger partial charge in [0, 0.05) is 18.9 Å². The Labute approximate surface area is 129 Å². The number of carbonyl (C=O) groups is 1. The second-order valence-electron chi connectivity index (χ2n) is 5.66. The third-order valence-corrected chi connectivity index (χ3v) is 3.69. The fourth-order valence-corrected chi connectivity index (χ4v) is 2.58. The summed E-state index contributed by atoms with van der Waals surface area (Å²) in [4.78, 5) is 16.2. The average molecular weight is 296 g/mol. The Morgan fingerprint density at radius 2 is 2.14 bits per heavy atom. The van der Waals surface area contributed by atoms with E-state index < -0.39 is 0 Å². The van der Waals surface area contributed by atoms with Crippen LogP contribution in [0.15, 0.2) is 24.3 Å². The first kappa shape index (κ1) is 14.5. The number of pyridine rings is 1. The van der Waals surface area contributed by atoms with Gasteiger partial charge < -0.3 is 5.32 Å². The Morgan fingerprint density at radius 3 is 2.86 bits per heavy atom. The standard InChI is InChI=1S/C17H20N4O/c1-4-5-8-21-17-14(16(20-21)18-12(3)22)10-13-7-6-11(2)9-15(13)19-17/h6-7,9-10H,4-5,8H2,1-3H3,(H,18,20,22). The highest BCUT2D eigenvalue weighted by Crippen LogP contribution is 2.26. The lowest BCUT2D eigenvalue weighted by Crippen LogP contribution is -2.07. The fourth-order valence-electron chi connectivity index (χ4n) is 2.58. The van der Waals surface area contributed by atoms with E-state index in [-0.39, 0.29) is 5.91 Å². The molecule has 3 aromatic rings. The molecular formula is C17H20N4O. The first-order valence-corrected chi connectivity index (χ1v) is 7.64. The van der Waals surface area contributed by atoms with E-state index in [1.165, 1.54) is 12.5 Å². The average Bonchev–Trinajstić information content (AvgIpc) is 2.79. The molecule has 0 aliphatic heterocycles. The number of nitrogens with zero attached hydrogens (tertiary/aromatic N) is 3. The third kappa shape index (κ3) is 2.66. The predicted octanol–water partition coefficient (Wildman–Crippen LogP) is 3.65. The van der Waals surface area contributed by atoms with Gasteiger partial charge in [0.25, 0.3) is 0 Å². The Balaban J connectivity index is 2.22. The fraction of sp³-hybridized carbons (Fsp3) is 0.353. The van der Waals surface area contributed by atoms with Gasteiger partial charge in [0.15, 0.2) is 11.5 Å². The summed E-state index contributed by atoms with van der Waals surface area (Å²) in [6.45, 7) is 6.50. The number of aryl methyl sites for hydroxylation is 2. The van der Waals surface area contributed by atoms with Crippen LogP contribution in [-0.4, -0.2) is 20.7 Å². The number of aromatic nitrogens is 3. The number of fused-ring (bicyclic) bond motifs is 2. The maximum Gasteiger partial charge on any atom is 0.222 e. The molecule has 22 heavy (non-hydrogen) atoms. The van der Waals surface area contributed by atoms with Crippen molar-refractivity contribution in [2.24, 2.45) is 0 Å². The van der Waals surface area contributed by atoms with E-state index in [1.54, 1.807) is 0 Å². The molecule has 0 atom stereocenters. The molecule has 1 amide bonds. The van der Waals surface area contributed by atoms with Crippen LogP contribution in [-0.2, 0) is 11.3 Å². The zero-order chi connectivity index (χ0) is 15.7. The highest BCUT2D eigenvalue weighted by atomic mass is 16.1. The number of unbranched alkanes of at least 4 members (excludes halogenated alkanes) is 1. The summed E-state index contributed by atoms with van der Waals surface area (Å²) < 4.78 is 1.89. The summed E-state index contributed by atoms with van der Waals surface area (Å²) in [5.41, 5.74) is 2.97. The number of hydrogen-bond acceptors (Lipinski definition) is 3. The van der Waals surface area contributed by atoms with E-state index in [1.807, 2.05) is 4.68 Å². The van der Waals surface area contributed by atoms with Crippen molar-refractivity contribution >= 4 is 33.7 Å². The number of rotatable bonds is 4. The van der Waals surface area contributed by atoms with Crippen molar-refractivity contribution in [3.05, 3.63) is 29.8 Å². The summed E-state index contributed by atoms with van der Waals surface area (Å²) in [5.74, 6) is 0.472. The van der Waals surface area contributed by atoms with Gasteiger partial charge in [0.1, 0.15) is 0 Å². The number of anilines is 1. The van der Waals surface area contributed by atoms with Gasteiger partial charge in [-0.25, -0.2) is 9.67 Å². The van der Waals surface area contributed by atoms with Crippen molar-refractivity contribution in [2.45, 2.75) is 40.2 Å². The number of carbonyl (C=O) groups excluding carboxylic acids is 1. The van der Waals surface area contributed by atoms with Crippen molar-refractivity contribution in [3.8, 4) is 0 Å². The van der Waals surface area contributed by atoms with Gasteiger partial charge in [0.2, 0.25) is 5.91 Å². The van der Waals surface area contributed by atoms with E-state index in [9.17, 15) is 4.79 Å². The summed E-state index contributed by atoms with van der Waals surface area (Å²) >= 11 is 0. The van der Waals surface area contributed by atoms with Crippen molar-refractivity contribution < 1.29 is 4.79 Å². The molecule has 5 nitrogen and oxygen atoms in total. The van der Waals surface area contributed by atoms with Crippen LogP contribution < -0.4 is 5.32 Å². The van der Waals surface area contributed by atoms with E-state index in [0.29, 0.717) is 5.82 Å². The van der Waals surface area contributed by atoms with Gasteiger partial charge >= 0.3 is 0 Å². The molecule has 0 fully saturated rings. The Morgan fingerprint density at radius 1 is 1.32 bits per heavy atom. The molecule has 0 spiro atoms. The molecule has 5 heteroatoms. The SMILES string of the molecule is CCCCn1nc(NC(C)=O)c2cc3ccc(C)cc3nc21. The van der Waals surface area contributed by atoms with Gasteiger partial charge in [-0.1, -0.05) is 25.5 Å². The van der Waals surface area contributed by atoms with Crippen LogP contribution in [0.25, 0.3) is 21.9 Å². The molecule has 1 N–H and O–H groups in total. The second-order valence-corrected chi connectivity index (χ2v) is 5.66. The minimum atomic E-state index is -0.119. The van der Waals surface area contributed by atoms with Gasteiger partial charge in [-0.2, -0.15) is 5.10 Å². The topological polar surface area (TPSA) is 59.8 Å². The molecule has 0 bridgehead atoms. The number of benzene rings is 1. The second kappa shape index (κ2) is 5.75. The summed E-state index contributed by atoms with van der Waals surface area (Å²) in [7, 11) is 0. The van der Waals surface area contributed by atoms with Crippen molar-refractivity contribution in [3.63, 3.8) is 0 Å². The molecule has 0 unspecified atom stereocenters. The van der Waals surface area contributed by atoms with Crippen LogP contribution in [0.5, 0.6) is 0 Å². The highest BCUT2D eigenvalue weighted by molar-refractivity contribution is 6.02. The Bertz CT molecular complexity index is 851. The molecule has 0 saturated heterocycles. The smallest absolute Gasteiger partial charge is 0.222 e. The molecule has 2 aromatic heterocycles. The first-order chi connectivity index (χ1) is 10.6. The molecule has 2 heterocycles. The molecule has 0 aliphatic rings. The third-order valence-electron chi connectivity index (χ3n) is 3.69. The van der Waals surface area contributed by atoms with Crippen LogP contribution in [0.1, 0.15) is 32.3 Å². The van der Waals surface area contributed by atoms with Crippen LogP contribution >= 0.6 is 0 Å². The van der Waals surface area contributed by atoms with Crippen LogP contribution in [0.4, 0.5) is 5.82 Å². The van der Waals surface area contributed by atoms with Crippen molar-refractivity contribution in [2.75, 3.05) is 5.32 Å². The highest BCUT2D eigenvalue weighted by Gasteiger charge is 2.14. The number of hydrogen-bond donors (Lipinski definition) is 1. The Hall–Kier alpha value is -2.43. The van der Waals surface area contributed by atoms with Crippen LogP contribution in [0.2, 0.25) is 0 Å². The van der Waals surface area contributed by atoms with E-state index in [2.05, 4.69) is 48.5 Å². The van der Waals surface area contributed by atoms with E-state index in [4.69, 9.17) is 4.98 Å². The number of nitrogens with one attached hydrogen (secondary N) is 1. The zero-order valence-electron chi connectivity index (χ0n) is 13.2. The molecule has 3 rings (SSSR count). The molecular weight excluding hydrogens is 276 g/mol. The monoisotopic (exact) mass is 296 g/mol. The van der Waals surface area contributed by atoms with E-state index in [0.717, 1.165) is 41.3 Å². The van der Waals surface area contributed by atoms with Crippen LogP contribution in [0.3, 0.4) is 0 Å². The van der Waals surface area contributed by atoms with Crippen molar-refractivity contribution in [1.82, 2.24) is 14.8 Å². The molecule has 0 saturated carbocycles. The summed E-state index contributed by atoms with van der Waals surface area (Å²) in [6.07, 6.45) is 2.12. The van der Waals surface area contributed by atoms with E-state index >= 15 is 0 Å². The lowest BCUT2D eigenvalue weighted by Gasteiger charge is -2.03. The first-order valence-electron chi connectivity index (χ1n) is 7.64. The normalized spacial score (nSPS) is 11.2. The molecule has 114 valence electrons.